The van der Waals surface area contributed by atoms with Crippen molar-refractivity contribution in [2.75, 3.05) is 20.7 Å². The summed E-state index contributed by atoms with van der Waals surface area (Å²) in [6, 6.07) is 14.8. The quantitative estimate of drug-likeness (QED) is 0.750. The number of ether oxygens (including phenoxy) is 1. The molecule has 0 spiro atoms. The summed E-state index contributed by atoms with van der Waals surface area (Å²) in [7, 11) is 2.86. The lowest BCUT2D eigenvalue weighted by atomic mass is 9.98. The van der Waals surface area contributed by atoms with Gasteiger partial charge in [-0.3, -0.25) is 9.69 Å². The monoisotopic (exact) mass is 396 g/mol. The molecule has 2 amide bonds. The van der Waals surface area contributed by atoms with Crippen molar-refractivity contribution in [2.45, 2.75) is 24.8 Å². The number of carboxylic acid groups (broad SMARTS) is 1. The third-order valence-electron chi connectivity index (χ3n) is 5.30. The van der Waals surface area contributed by atoms with Gasteiger partial charge in [-0.1, -0.05) is 48.5 Å². The van der Waals surface area contributed by atoms with Crippen molar-refractivity contribution < 1.29 is 24.2 Å². The second-order valence-electron chi connectivity index (χ2n) is 6.98. The van der Waals surface area contributed by atoms with E-state index in [1.807, 2.05) is 48.5 Å². The molecule has 0 radical (unpaired) electrons. The Hall–Kier alpha value is -3.35. The maximum atomic E-state index is 12.5. The Bertz CT molecular complexity index is 881. The van der Waals surface area contributed by atoms with E-state index in [9.17, 15) is 19.5 Å². The third kappa shape index (κ3) is 4.23. The Balaban J connectivity index is 1.70. The van der Waals surface area contributed by atoms with Crippen LogP contribution in [-0.2, 0) is 14.3 Å². The lowest BCUT2D eigenvalue weighted by Crippen LogP contribution is -2.43. The first kappa shape index (κ1) is 20.4. The molecule has 0 heterocycles. The average molecular weight is 396 g/mol. The summed E-state index contributed by atoms with van der Waals surface area (Å²) in [5.74, 6) is -1.56. The molecule has 3 rings (SSSR count). The summed E-state index contributed by atoms with van der Waals surface area (Å²) in [6.07, 6.45) is -0.708. The van der Waals surface area contributed by atoms with E-state index in [0.29, 0.717) is 0 Å². The number of nitrogens with one attached hydrogen (secondary N) is 1. The molecule has 0 saturated carbocycles. The van der Waals surface area contributed by atoms with Crippen molar-refractivity contribution in [2.24, 2.45) is 0 Å². The molecule has 152 valence electrons. The van der Waals surface area contributed by atoms with Crippen molar-refractivity contribution in [1.82, 2.24) is 10.2 Å². The van der Waals surface area contributed by atoms with E-state index in [2.05, 4.69) is 5.32 Å². The highest BCUT2D eigenvalue weighted by atomic mass is 16.6. The number of likely N-dealkylation sites (N-methyl/N-ethyl adjacent to an activating group) is 1. The number of rotatable bonds is 7. The number of carbonyl (C=O) groups excluding carboxylic acids is 2. The van der Waals surface area contributed by atoms with E-state index in [-0.39, 0.29) is 31.3 Å². The number of fused-ring (bicyclic) bond motifs is 3. The van der Waals surface area contributed by atoms with Crippen molar-refractivity contribution >= 4 is 18.0 Å². The average Bonchev–Trinajstić information content (AvgIpc) is 3.05. The van der Waals surface area contributed by atoms with Crippen molar-refractivity contribution in [3.05, 3.63) is 59.7 Å². The zero-order valence-electron chi connectivity index (χ0n) is 16.4. The number of hydrogen-bond acceptors (Lipinski definition) is 4. The maximum Gasteiger partial charge on any atom is 0.410 e. The molecular weight excluding hydrogens is 372 g/mol. The zero-order chi connectivity index (χ0) is 21.0. The summed E-state index contributed by atoms with van der Waals surface area (Å²) < 4.78 is 5.49. The predicted molar refractivity (Wildman–Crippen MR) is 108 cm³/mol. The molecule has 7 nitrogen and oxygen atoms in total. The summed E-state index contributed by atoms with van der Waals surface area (Å²) >= 11 is 0. The molecule has 2 aromatic carbocycles. The summed E-state index contributed by atoms with van der Waals surface area (Å²) in [5.41, 5.74) is 4.40. The minimum absolute atomic E-state index is 0.00840. The van der Waals surface area contributed by atoms with Crippen LogP contribution in [0.2, 0.25) is 0 Å². The normalized spacial score (nSPS) is 13.2. The van der Waals surface area contributed by atoms with Gasteiger partial charge < -0.3 is 15.2 Å². The number of benzene rings is 2. The SMILES string of the molecule is CNC(=O)CC[C@@H](C(=O)O)N(C)C(=O)OCC1c2ccccc2-c2ccccc21. The number of carbonyl (C=O) groups is 3. The number of hydrogen-bond donors (Lipinski definition) is 2. The molecule has 0 aromatic heterocycles. The van der Waals surface area contributed by atoms with Gasteiger partial charge in [0.1, 0.15) is 12.6 Å². The largest absolute Gasteiger partial charge is 0.480 e. The Morgan fingerprint density at radius 1 is 1.07 bits per heavy atom. The molecule has 1 aliphatic rings. The fraction of sp³-hybridized carbons (Fsp3) is 0.318. The Labute approximate surface area is 169 Å². The first-order chi connectivity index (χ1) is 13.9. The van der Waals surface area contributed by atoms with Crippen LogP contribution < -0.4 is 5.32 Å². The smallest absolute Gasteiger partial charge is 0.410 e. The second kappa shape index (κ2) is 8.77. The Kier molecular flexibility index (Phi) is 6.16. The number of aliphatic carboxylic acids is 1. The molecule has 1 atom stereocenters. The fourth-order valence-corrected chi connectivity index (χ4v) is 3.70. The summed E-state index contributed by atoms with van der Waals surface area (Å²) in [5, 5.41) is 11.9. The topological polar surface area (TPSA) is 95.9 Å². The summed E-state index contributed by atoms with van der Waals surface area (Å²) in [6.45, 7) is 0.110. The molecule has 0 aliphatic heterocycles. The zero-order valence-corrected chi connectivity index (χ0v) is 16.4. The molecule has 0 fully saturated rings. The summed E-state index contributed by atoms with van der Waals surface area (Å²) in [4.78, 5) is 36.5. The minimum Gasteiger partial charge on any atom is -0.480 e. The van der Waals surface area contributed by atoms with Gasteiger partial charge in [0.05, 0.1) is 0 Å². The van der Waals surface area contributed by atoms with Crippen LogP contribution in [0.15, 0.2) is 48.5 Å². The molecule has 29 heavy (non-hydrogen) atoms. The van der Waals surface area contributed by atoms with E-state index in [1.54, 1.807) is 0 Å². The molecule has 2 aromatic rings. The van der Waals surface area contributed by atoms with Crippen LogP contribution in [0.1, 0.15) is 29.9 Å². The van der Waals surface area contributed by atoms with Crippen LogP contribution in [-0.4, -0.2) is 54.7 Å². The highest BCUT2D eigenvalue weighted by Crippen LogP contribution is 2.44. The van der Waals surface area contributed by atoms with Crippen LogP contribution in [0, 0.1) is 0 Å². The molecule has 0 bridgehead atoms. The first-order valence-corrected chi connectivity index (χ1v) is 9.45. The van der Waals surface area contributed by atoms with E-state index < -0.39 is 18.1 Å². The Morgan fingerprint density at radius 3 is 2.14 bits per heavy atom. The van der Waals surface area contributed by atoms with Crippen LogP contribution in [0.4, 0.5) is 4.79 Å². The van der Waals surface area contributed by atoms with Crippen molar-refractivity contribution in [3.8, 4) is 11.1 Å². The van der Waals surface area contributed by atoms with E-state index >= 15 is 0 Å². The number of amides is 2. The van der Waals surface area contributed by atoms with Crippen LogP contribution in [0.3, 0.4) is 0 Å². The highest BCUT2D eigenvalue weighted by Gasteiger charge is 2.32. The highest BCUT2D eigenvalue weighted by molar-refractivity contribution is 5.82. The van der Waals surface area contributed by atoms with E-state index in [0.717, 1.165) is 27.2 Å². The van der Waals surface area contributed by atoms with Gasteiger partial charge in [0.25, 0.3) is 0 Å². The molecule has 2 N–H and O–H groups in total. The molecule has 0 unspecified atom stereocenters. The minimum atomic E-state index is -1.18. The van der Waals surface area contributed by atoms with Gasteiger partial charge in [0, 0.05) is 26.4 Å². The first-order valence-electron chi connectivity index (χ1n) is 9.45. The van der Waals surface area contributed by atoms with Gasteiger partial charge in [0.15, 0.2) is 0 Å². The number of nitrogens with zero attached hydrogens (tertiary/aromatic N) is 1. The van der Waals surface area contributed by atoms with Gasteiger partial charge in [-0.25, -0.2) is 9.59 Å². The van der Waals surface area contributed by atoms with Gasteiger partial charge >= 0.3 is 12.1 Å². The Morgan fingerprint density at radius 2 is 1.62 bits per heavy atom. The lowest BCUT2D eigenvalue weighted by Gasteiger charge is -2.25. The molecule has 1 aliphatic carbocycles. The molecule has 0 saturated heterocycles. The van der Waals surface area contributed by atoms with E-state index in [1.165, 1.54) is 14.1 Å². The molecule has 7 heteroatoms. The van der Waals surface area contributed by atoms with Crippen molar-refractivity contribution in [3.63, 3.8) is 0 Å². The van der Waals surface area contributed by atoms with Crippen LogP contribution in [0.25, 0.3) is 11.1 Å². The third-order valence-corrected chi connectivity index (χ3v) is 5.30. The van der Waals surface area contributed by atoms with Gasteiger partial charge in [-0.15, -0.1) is 0 Å². The maximum absolute atomic E-state index is 12.5. The fourth-order valence-electron chi connectivity index (χ4n) is 3.70. The number of carboxylic acids is 1. The predicted octanol–water partition coefficient (Wildman–Crippen LogP) is 2.85. The second-order valence-corrected chi connectivity index (χ2v) is 6.98. The van der Waals surface area contributed by atoms with Gasteiger partial charge in [-0.2, -0.15) is 0 Å². The standard InChI is InChI=1S/C22H24N2O5/c1-23-20(25)12-11-19(21(26)27)24(2)22(28)29-13-18-16-9-5-3-7-14(16)15-8-4-6-10-17(15)18/h3-10,18-19H,11-13H2,1-2H3,(H,23,25)(H,26,27)/t19-/m0/s1. The molecular formula is C22H24N2O5. The van der Waals surface area contributed by atoms with Gasteiger partial charge in [0.2, 0.25) is 5.91 Å². The van der Waals surface area contributed by atoms with Crippen molar-refractivity contribution in [1.29, 1.82) is 0 Å². The van der Waals surface area contributed by atoms with Crippen LogP contribution in [0.5, 0.6) is 0 Å². The lowest BCUT2D eigenvalue weighted by molar-refractivity contribution is -0.142. The van der Waals surface area contributed by atoms with Crippen LogP contribution >= 0.6 is 0 Å². The van der Waals surface area contributed by atoms with Gasteiger partial charge in [-0.05, 0) is 28.7 Å². The van der Waals surface area contributed by atoms with E-state index in [4.69, 9.17) is 4.74 Å².